The van der Waals surface area contributed by atoms with Crippen LogP contribution >= 0.6 is 0 Å². The molecule has 0 bridgehead atoms. The summed E-state index contributed by atoms with van der Waals surface area (Å²) in [4.78, 5) is 10.3. The fourth-order valence-electron chi connectivity index (χ4n) is 1.45. The van der Waals surface area contributed by atoms with E-state index < -0.39 is 5.97 Å². The van der Waals surface area contributed by atoms with Gasteiger partial charge in [0.05, 0.1) is 14.2 Å². The molecule has 0 saturated heterocycles. The maximum atomic E-state index is 10.3. The number of hydrogen-bond acceptors (Lipinski definition) is 4. The van der Waals surface area contributed by atoms with E-state index in [4.69, 9.17) is 14.6 Å². The number of carboxylic acid groups (broad SMARTS) is 1. The van der Waals surface area contributed by atoms with Crippen molar-refractivity contribution in [1.29, 1.82) is 0 Å². The van der Waals surface area contributed by atoms with Crippen LogP contribution in [0, 0.1) is 0 Å². The minimum absolute atomic E-state index is 0.488. The standard InChI is InChI=1S/C13H17NO4/c1-17-11-6-5-10(12(8-11)18-2)9-14-7-3-4-13(15)16/h3-6,8,14H,7,9H2,1-2H3,(H,15,16)/b4-3+. The van der Waals surface area contributed by atoms with Gasteiger partial charge in [0.15, 0.2) is 0 Å². The van der Waals surface area contributed by atoms with Gasteiger partial charge >= 0.3 is 5.97 Å². The van der Waals surface area contributed by atoms with Crippen LogP contribution in [0.25, 0.3) is 0 Å². The normalized spacial score (nSPS) is 10.6. The fourth-order valence-corrected chi connectivity index (χ4v) is 1.45. The summed E-state index contributed by atoms with van der Waals surface area (Å²) in [6, 6.07) is 5.57. The van der Waals surface area contributed by atoms with Crippen LogP contribution in [0.4, 0.5) is 0 Å². The largest absolute Gasteiger partial charge is 0.497 e. The van der Waals surface area contributed by atoms with E-state index in [1.165, 1.54) is 0 Å². The third-order valence-corrected chi connectivity index (χ3v) is 2.33. The second-order valence-corrected chi connectivity index (χ2v) is 3.55. The van der Waals surface area contributed by atoms with Crippen molar-refractivity contribution in [2.24, 2.45) is 0 Å². The van der Waals surface area contributed by atoms with Crippen LogP contribution in [0.5, 0.6) is 11.5 Å². The smallest absolute Gasteiger partial charge is 0.328 e. The van der Waals surface area contributed by atoms with E-state index in [2.05, 4.69) is 5.32 Å². The Hall–Kier alpha value is -2.01. The van der Waals surface area contributed by atoms with Gasteiger partial charge in [0.2, 0.25) is 0 Å². The Bertz CT molecular complexity index is 429. The highest BCUT2D eigenvalue weighted by Crippen LogP contribution is 2.24. The number of rotatable bonds is 7. The number of ether oxygens (including phenoxy) is 2. The quantitative estimate of drug-likeness (QED) is 0.567. The highest BCUT2D eigenvalue weighted by molar-refractivity contribution is 5.79. The second-order valence-electron chi connectivity index (χ2n) is 3.55. The van der Waals surface area contributed by atoms with Gasteiger partial charge in [-0.25, -0.2) is 4.79 Å². The topological polar surface area (TPSA) is 67.8 Å². The van der Waals surface area contributed by atoms with E-state index in [1.54, 1.807) is 20.3 Å². The van der Waals surface area contributed by atoms with Gasteiger partial charge < -0.3 is 19.9 Å². The number of carbonyl (C=O) groups is 1. The summed E-state index contributed by atoms with van der Waals surface area (Å²) in [5, 5.41) is 11.5. The van der Waals surface area contributed by atoms with Crippen molar-refractivity contribution in [3.8, 4) is 11.5 Å². The first-order valence-electron chi connectivity index (χ1n) is 5.48. The van der Waals surface area contributed by atoms with Gasteiger partial charge in [-0.15, -0.1) is 0 Å². The number of nitrogens with one attached hydrogen (secondary N) is 1. The van der Waals surface area contributed by atoms with Crippen LogP contribution in [0.3, 0.4) is 0 Å². The lowest BCUT2D eigenvalue weighted by Crippen LogP contribution is -2.13. The lowest BCUT2D eigenvalue weighted by atomic mass is 10.2. The lowest BCUT2D eigenvalue weighted by molar-refractivity contribution is -0.131. The first-order valence-corrected chi connectivity index (χ1v) is 5.48. The van der Waals surface area contributed by atoms with Crippen molar-refractivity contribution in [3.63, 3.8) is 0 Å². The number of aliphatic carboxylic acids is 1. The molecule has 0 radical (unpaired) electrons. The van der Waals surface area contributed by atoms with Crippen LogP contribution in [0.15, 0.2) is 30.4 Å². The molecule has 1 aromatic carbocycles. The molecule has 0 spiro atoms. The van der Waals surface area contributed by atoms with Gasteiger partial charge in [0.25, 0.3) is 0 Å². The van der Waals surface area contributed by atoms with E-state index in [-0.39, 0.29) is 0 Å². The van der Waals surface area contributed by atoms with Crippen LogP contribution in [-0.4, -0.2) is 31.8 Å². The summed E-state index contributed by atoms with van der Waals surface area (Å²) in [6.45, 7) is 1.08. The zero-order chi connectivity index (χ0) is 13.4. The Morgan fingerprint density at radius 2 is 2.17 bits per heavy atom. The highest BCUT2D eigenvalue weighted by Gasteiger charge is 2.03. The molecule has 18 heavy (non-hydrogen) atoms. The van der Waals surface area contributed by atoms with E-state index in [1.807, 2.05) is 18.2 Å². The molecular formula is C13H17NO4. The lowest BCUT2D eigenvalue weighted by Gasteiger charge is -2.10. The molecule has 2 N–H and O–H groups in total. The van der Waals surface area contributed by atoms with Crippen molar-refractivity contribution in [3.05, 3.63) is 35.9 Å². The van der Waals surface area contributed by atoms with Gasteiger partial charge in [0, 0.05) is 30.8 Å². The summed E-state index contributed by atoms with van der Waals surface area (Å²) >= 11 is 0. The summed E-state index contributed by atoms with van der Waals surface area (Å²) in [5.41, 5.74) is 0.988. The molecule has 0 atom stereocenters. The number of hydrogen-bond donors (Lipinski definition) is 2. The average Bonchev–Trinajstić information content (AvgIpc) is 2.38. The maximum absolute atomic E-state index is 10.3. The summed E-state index contributed by atoms with van der Waals surface area (Å²) in [7, 11) is 3.20. The van der Waals surface area contributed by atoms with Crippen molar-refractivity contribution in [1.82, 2.24) is 5.32 Å². The zero-order valence-electron chi connectivity index (χ0n) is 10.5. The van der Waals surface area contributed by atoms with Gasteiger partial charge in [-0.2, -0.15) is 0 Å². The van der Waals surface area contributed by atoms with Crippen molar-refractivity contribution in [2.45, 2.75) is 6.54 Å². The Morgan fingerprint density at radius 1 is 1.39 bits per heavy atom. The van der Waals surface area contributed by atoms with Crippen molar-refractivity contribution < 1.29 is 19.4 Å². The molecule has 1 rings (SSSR count). The minimum atomic E-state index is -0.946. The molecule has 5 nitrogen and oxygen atoms in total. The summed E-state index contributed by atoms with van der Waals surface area (Å²) in [5.74, 6) is 0.532. The Labute approximate surface area is 106 Å². The van der Waals surface area contributed by atoms with E-state index >= 15 is 0 Å². The molecule has 0 aliphatic heterocycles. The number of carboxylic acids is 1. The van der Waals surface area contributed by atoms with E-state index in [0.29, 0.717) is 13.1 Å². The monoisotopic (exact) mass is 251 g/mol. The molecule has 0 aromatic heterocycles. The molecule has 98 valence electrons. The summed E-state index contributed by atoms with van der Waals surface area (Å²) in [6.07, 6.45) is 2.66. The number of benzene rings is 1. The first-order chi connectivity index (χ1) is 8.67. The predicted octanol–water partition coefficient (Wildman–Crippen LogP) is 1.43. The minimum Gasteiger partial charge on any atom is -0.497 e. The van der Waals surface area contributed by atoms with Crippen molar-refractivity contribution >= 4 is 5.97 Å². The fraction of sp³-hybridized carbons (Fsp3) is 0.308. The van der Waals surface area contributed by atoms with Gasteiger partial charge in [0.1, 0.15) is 11.5 Å². The molecule has 0 aliphatic rings. The SMILES string of the molecule is COc1ccc(CNC/C=C/C(=O)O)c(OC)c1. The predicted molar refractivity (Wildman–Crippen MR) is 68.0 cm³/mol. The molecule has 0 unspecified atom stereocenters. The van der Waals surface area contributed by atoms with Crippen LogP contribution in [-0.2, 0) is 11.3 Å². The molecule has 1 aromatic rings. The van der Waals surface area contributed by atoms with Crippen LogP contribution in [0.1, 0.15) is 5.56 Å². The third kappa shape index (κ3) is 4.47. The van der Waals surface area contributed by atoms with E-state index in [0.717, 1.165) is 23.1 Å². The molecule has 0 aliphatic carbocycles. The number of methoxy groups -OCH3 is 2. The molecular weight excluding hydrogens is 234 g/mol. The molecule has 0 saturated carbocycles. The van der Waals surface area contributed by atoms with E-state index in [9.17, 15) is 4.79 Å². The van der Waals surface area contributed by atoms with Crippen LogP contribution in [0.2, 0.25) is 0 Å². The summed E-state index contributed by atoms with van der Waals surface area (Å²) < 4.78 is 10.4. The Morgan fingerprint density at radius 3 is 2.78 bits per heavy atom. The van der Waals surface area contributed by atoms with Gasteiger partial charge in [-0.3, -0.25) is 0 Å². The Kier molecular flexibility index (Phi) is 5.73. The second kappa shape index (κ2) is 7.34. The average molecular weight is 251 g/mol. The van der Waals surface area contributed by atoms with Gasteiger partial charge in [-0.1, -0.05) is 12.1 Å². The molecule has 0 amide bonds. The molecule has 0 heterocycles. The highest BCUT2D eigenvalue weighted by atomic mass is 16.5. The zero-order valence-corrected chi connectivity index (χ0v) is 10.5. The van der Waals surface area contributed by atoms with Gasteiger partial charge in [-0.05, 0) is 6.07 Å². The maximum Gasteiger partial charge on any atom is 0.328 e. The van der Waals surface area contributed by atoms with Crippen LogP contribution < -0.4 is 14.8 Å². The third-order valence-electron chi connectivity index (χ3n) is 2.33. The molecule has 5 heteroatoms. The van der Waals surface area contributed by atoms with Crippen molar-refractivity contribution in [2.75, 3.05) is 20.8 Å². The first kappa shape index (κ1) is 14.1. The molecule has 0 fully saturated rings. The Balaban J connectivity index is 2.54.